The van der Waals surface area contributed by atoms with E-state index in [0.717, 1.165) is 12.8 Å². The zero-order valence-corrected chi connectivity index (χ0v) is 17.1. The van der Waals surface area contributed by atoms with Gasteiger partial charge in [0, 0.05) is 0 Å². The molecule has 0 aliphatic carbocycles. The summed E-state index contributed by atoms with van der Waals surface area (Å²) in [5.74, 6) is 0.189. The SMILES string of the molecule is COc1ccccc1C(=O)OC(/C=C/[Si](C)(C)C)CCc1ccccc1. The van der Waals surface area contributed by atoms with Gasteiger partial charge in [-0.1, -0.05) is 73.9 Å². The van der Waals surface area contributed by atoms with Crippen molar-refractivity contribution in [3.8, 4) is 5.75 Å². The first-order valence-corrected chi connectivity index (χ1v) is 12.5. The Morgan fingerprint density at radius 1 is 1.04 bits per heavy atom. The van der Waals surface area contributed by atoms with Gasteiger partial charge >= 0.3 is 5.97 Å². The molecule has 2 aromatic rings. The molecule has 0 spiro atoms. The molecule has 2 rings (SSSR count). The minimum atomic E-state index is -1.37. The van der Waals surface area contributed by atoms with Crippen LogP contribution < -0.4 is 4.74 Å². The number of ether oxygens (including phenoxy) is 2. The standard InChI is InChI=1S/C22H28O3Si/c1-24-21-13-9-8-12-20(21)22(23)25-19(16-17-26(2,3)4)15-14-18-10-6-5-7-11-18/h5-13,16-17,19H,14-15H2,1-4H3/b17-16+. The summed E-state index contributed by atoms with van der Waals surface area (Å²) in [6.45, 7) is 6.79. The monoisotopic (exact) mass is 368 g/mol. The van der Waals surface area contributed by atoms with E-state index in [4.69, 9.17) is 9.47 Å². The average molecular weight is 369 g/mol. The van der Waals surface area contributed by atoms with Gasteiger partial charge in [-0.05, 0) is 30.5 Å². The molecule has 138 valence electrons. The summed E-state index contributed by atoms with van der Waals surface area (Å²) in [5.41, 5.74) is 3.94. The molecule has 26 heavy (non-hydrogen) atoms. The smallest absolute Gasteiger partial charge is 0.342 e. The van der Waals surface area contributed by atoms with Gasteiger partial charge < -0.3 is 9.47 Å². The number of hydrogen-bond acceptors (Lipinski definition) is 3. The quantitative estimate of drug-likeness (QED) is 0.469. The molecule has 0 heterocycles. The summed E-state index contributed by atoms with van der Waals surface area (Å²) >= 11 is 0. The third kappa shape index (κ3) is 6.52. The highest BCUT2D eigenvalue weighted by Crippen LogP contribution is 2.20. The fraction of sp³-hybridized carbons (Fsp3) is 0.318. The lowest BCUT2D eigenvalue weighted by atomic mass is 10.1. The topological polar surface area (TPSA) is 35.5 Å². The van der Waals surface area contributed by atoms with Crippen molar-refractivity contribution < 1.29 is 14.3 Å². The Bertz CT molecular complexity index is 733. The van der Waals surface area contributed by atoms with Crippen LogP contribution in [0.25, 0.3) is 0 Å². The molecule has 0 saturated heterocycles. The molecule has 0 radical (unpaired) electrons. The maximum absolute atomic E-state index is 12.6. The Hall–Kier alpha value is -2.33. The number of esters is 1. The van der Waals surface area contributed by atoms with Crippen LogP contribution in [0, 0.1) is 0 Å². The summed E-state index contributed by atoms with van der Waals surface area (Å²) < 4.78 is 11.1. The van der Waals surface area contributed by atoms with Crippen LogP contribution in [0.1, 0.15) is 22.3 Å². The Kier molecular flexibility index (Phi) is 7.22. The summed E-state index contributed by atoms with van der Waals surface area (Å²) in [7, 11) is 0.187. The van der Waals surface area contributed by atoms with Gasteiger partial charge in [-0.25, -0.2) is 4.79 Å². The lowest BCUT2D eigenvalue weighted by molar-refractivity contribution is 0.0377. The first-order valence-electron chi connectivity index (χ1n) is 8.96. The van der Waals surface area contributed by atoms with E-state index < -0.39 is 8.07 Å². The fourth-order valence-electron chi connectivity index (χ4n) is 2.56. The van der Waals surface area contributed by atoms with Crippen molar-refractivity contribution in [2.75, 3.05) is 7.11 Å². The predicted octanol–water partition coefficient (Wildman–Crippen LogP) is 5.29. The molecule has 1 unspecified atom stereocenters. The molecule has 2 aromatic carbocycles. The number of aryl methyl sites for hydroxylation is 1. The molecule has 0 N–H and O–H groups in total. The molecule has 4 heteroatoms. The highest BCUT2D eigenvalue weighted by molar-refractivity contribution is 6.80. The Balaban J connectivity index is 2.12. The molecular weight excluding hydrogens is 340 g/mol. The van der Waals surface area contributed by atoms with Crippen LogP contribution in [0.2, 0.25) is 19.6 Å². The maximum atomic E-state index is 12.6. The lowest BCUT2D eigenvalue weighted by Gasteiger charge is -2.18. The number of methoxy groups -OCH3 is 1. The molecule has 0 bridgehead atoms. The van der Waals surface area contributed by atoms with Crippen LogP contribution in [0.15, 0.2) is 66.4 Å². The second-order valence-corrected chi connectivity index (χ2v) is 12.5. The van der Waals surface area contributed by atoms with Crippen LogP contribution in [-0.4, -0.2) is 27.3 Å². The third-order valence-corrected chi connectivity index (χ3v) is 5.15. The lowest BCUT2D eigenvalue weighted by Crippen LogP contribution is -2.21. The number of carbonyl (C=O) groups excluding carboxylic acids is 1. The van der Waals surface area contributed by atoms with Crippen LogP contribution in [0.5, 0.6) is 5.75 Å². The molecule has 3 nitrogen and oxygen atoms in total. The minimum Gasteiger partial charge on any atom is -0.496 e. The first-order chi connectivity index (χ1) is 12.4. The Morgan fingerprint density at radius 2 is 1.69 bits per heavy atom. The number of rotatable bonds is 8. The minimum absolute atomic E-state index is 0.251. The second kappa shape index (κ2) is 9.39. The number of hydrogen-bond donors (Lipinski definition) is 0. The van der Waals surface area contributed by atoms with E-state index in [0.29, 0.717) is 11.3 Å². The highest BCUT2D eigenvalue weighted by atomic mass is 28.3. The largest absolute Gasteiger partial charge is 0.496 e. The number of benzene rings is 2. The molecule has 0 saturated carbocycles. The van der Waals surface area contributed by atoms with Crippen LogP contribution >= 0.6 is 0 Å². The van der Waals surface area contributed by atoms with Gasteiger partial charge in [0.05, 0.1) is 15.2 Å². The normalized spacial score (nSPS) is 12.8. The summed E-state index contributed by atoms with van der Waals surface area (Å²) in [5, 5.41) is 0. The van der Waals surface area contributed by atoms with Gasteiger partial charge in [-0.3, -0.25) is 0 Å². The van der Waals surface area contributed by atoms with Gasteiger partial charge in [0.2, 0.25) is 0 Å². The molecule has 0 aliphatic rings. The average Bonchev–Trinajstić information content (AvgIpc) is 2.64. The van der Waals surface area contributed by atoms with Crippen LogP contribution in [-0.2, 0) is 11.2 Å². The van der Waals surface area contributed by atoms with E-state index in [1.165, 1.54) is 5.56 Å². The van der Waals surface area contributed by atoms with Crippen molar-refractivity contribution in [3.05, 3.63) is 77.5 Å². The van der Waals surface area contributed by atoms with E-state index in [-0.39, 0.29) is 12.1 Å². The number of para-hydroxylation sites is 1. The Labute approximate surface area is 157 Å². The molecular formula is C22H28O3Si. The molecule has 0 aliphatic heterocycles. The van der Waals surface area contributed by atoms with E-state index in [1.807, 2.05) is 30.3 Å². The van der Waals surface area contributed by atoms with E-state index >= 15 is 0 Å². The van der Waals surface area contributed by atoms with Gasteiger partial charge in [-0.2, -0.15) is 0 Å². The number of carbonyl (C=O) groups is 1. The summed E-state index contributed by atoms with van der Waals surface area (Å²) in [6.07, 6.45) is 3.43. The van der Waals surface area contributed by atoms with E-state index in [1.54, 1.807) is 19.2 Å². The van der Waals surface area contributed by atoms with Gasteiger partial charge in [0.25, 0.3) is 0 Å². The van der Waals surface area contributed by atoms with Gasteiger partial charge in [0.1, 0.15) is 17.4 Å². The molecule has 0 fully saturated rings. The zero-order chi connectivity index (χ0) is 19.0. The van der Waals surface area contributed by atoms with Crippen molar-refractivity contribution in [3.63, 3.8) is 0 Å². The third-order valence-electron chi connectivity index (χ3n) is 3.96. The summed E-state index contributed by atoms with van der Waals surface area (Å²) in [6, 6.07) is 17.4. The Morgan fingerprint density at radius 3 is 2.35 bits per heavy atom. The zero-order valence-electron chi connectivity index (χ0n) is 16.1. The maximum Gasteiger partial charge on any atom is 0.342 e. The van der Waals surface area contributed by atoms with E-state index in [9.17, 15) is 4.79 Å². The van der Waals surface area contributed by atoms with Crippen LogP contribution in [0.4, 0.5) is 0 Å². The summed E-state index contributed by atoms with van der Waals surface area (Å²) in [4.78, 5) is 12.6. The van der Waals surface area contributed by atoms with E-state index in [2.05, 4.69) is 43.5 Å². The molecule has 0 amide bonds. The first kappa shape index (κ1) is 20.0. The van der Waals surface area contributed by atoms with Gasteiger partial charge in [0.15, 0.2) is 0 Å². The van der Waals surface area contributed by atoms with Crippen molar-refractivity contribution >= 4 is 14.0 Å². The van der Waals surface area contributed by atoms with Crippen molar-refractivity contribution in [2.45, 2.75) is 38.6 Å². The van der Waals surface area contributed by atoms with Crippen LogP contribution in [0.3, 0.4) is 0 Å². The fourth-order valence-corrected chi connectivity index (χ4v) is 3.35. The van der Waals surface area contributed by atoms with Crippen molar-refractivity contribution in [1.29, 1.82) is 0 Å². The van der Waals surface area contributed by atoms with Crippen molar-refractivity contribution in [2.24, 2.45) is 0 Å². The molecule has 0 aromatic heterocycles. The van der Waals surface area contributed by atoms with Crippen molar-refractivity contribution in [1.82, 2.24) is 0 Å². The molecule has 1 atom stereocenters. The second-order valence-electron chi connectivity index (χ2n) is 7.39. The van der Waals surface area contributed by atoms with Gasteiger partial charge in [-0.15, -0.1) is 0 Å². The predicted molar refractivity (Wildman–Crippen MR) is 109 cm³/mol. The highest BCUT2D eigenvalue weighted by Gasteiger charge is 2.18.